The van der Waals surface area contributed by atoms with Crippen molar-refractivity contribution < 1.29 is 9.53 Å². The lowest BCUT2D eigenvalue weighted by molar-refractivity contribution is -0.0355. The molecule has 0 aliphatic carbocycles. The Hall–Kier alpha value is -2.19. The van der Waals surface area contributed by atoms with Crippen molar-refractivity contribution in [1.82, 2.24) is 25.1 Å². The van der Waals surface area contributed by atoms with Crippen molar-refractivity contribution in [2.24, 2.45) is 7.05 Å². The Morgan fingerprint density at radius 3 is 2.88 bits per heavy atom. The Balaban J connectivity index is 1.35. The Labute approximate surface area is 156 Å². The smallest absolute Gasteiger partial charge is 0.324 e. The van der Waals surface area contributed by atoms with Crippen LogP contribution in [-0.4, -0.2) is 56.4 Å². The highest BCUT2D eigenvalue weighted by molar-refractivity contribution is 6.30. The summed E-state index contributed by atoms with van der Waals surface area (Å²) < 4.78 is 7.63. The molecule has 1 N–H and O–H groups in total. The van der Waals surface area contributed by atoms with E-state index in [0.29, 0.717) is 31.6 Å². The predicted octanol–water partition coefficient (Wildman–Crippen LogP) is 2.43. The molecule has 1 spiro atoms. The van der Waals surface area contributed by atoms with E-state index in [1.807, 2.05) is 18.2 Å². The summed E-state index contributed by atoms with van der Waals surface area (Å²) >= 11 is 6.12. The third kappa shape index (κ3) is 3.39. The SMILES string of the molecule is Cn1nnnc1NC(=O)N1CCC2(CC1)CC(c1cccc(Cl)c1)CO2. The van der Waals surface area contributed by atoms with Crippen molar-refractivity contribution >= 4 is 23.6 Å². The van der Waals surface area contributed by atoms with E-state index in [2.05, 4.69) is 26.9 Å². The highest BCUT2D eigenvalue weighted by Gasteiger charge is 2.43. The Kier molecular flexibility index (Phi) is 4.54. The van der Waals surface area contributed by atoms with Crippen molar-refractivity contribution in [3.8, 4) is 0 Å². The van der Waals surface area contributed by atoms with Crippen LogP contribution >= 0.6 is 11.6 Å². The largest absolute Gasteiger partial charge is 0.374 e. The summed E-state index contributed by atoms with van der Waals surface area (Å²) in [6, 6.07) is 7.82. The van der Waals surface area contributed by atoms with Gasteiger partial charge in [0.25, 0.3) is 5.95 Å². The molecule has 2 aliphatic rings. The molecule has 1 atom stereocenters. The number of urea groups is 1. The number of ether oxygens (including phenoxy) is 1. The Bertz CT molecular complexity index is 802. The van der Waals surface area contributed by atoms with E-state index >= 15 is 0 Å². The van der Waals surface area contributed by atoms with Gasteiger partial charge in [-0.15, -0.1) is 0 Å². The number of aromatic nitrogens is 4. The second-order valence-corrected chi connectivity index (χ2v) is 7.43. The maximum atomic E-state index is 12.4. The first-order chi connectivity index (χ1) is 12.5. The van der Waals surface area contributed by atoms with Crippen LogP contribution in [0.3, 0.4) is 0 Å². The minimum absolute atomic E-state index is 0.143. The molecular weight excluding hydrogens is 356 g/mol. The predicted molar refractivity (Wildman–Crippen MR) is 96.1 cm³/mol. The minimum atomic E-state index is -0.179. The summed E-state index contributed by atoms with van der Waals surface area (Å²) in [6.07, 6.45) is 2.62. The first kappa shape index (κ1) is 17.2. The molecule has 0 radical (unpaired) electrons. The standard InChI is InChI=1S/C17H21ClN6O2/c1-23-15(20-21-22-23)19-16(25)24-7-5-17(6-8-24)10-13(11-26-17)12-3-2-4-14(18)9-12/h2-4,9,13H,5-8,10-11H2,1H3,(H,19,20,22,25). The zero-order chi connectivity index (χ0) is 18.1. The van der Waals surface area contributed by atoms with Crippen LogP contribution in [0.5, 0.6) is 0 Å². The quantitative estimate of drug-likeness (QED) is 0.870. The number of halogens is 1. The molecule has 26 heavy (non-hydrogen) atoms. The molecule has 0 saturated carbocycles. The molecule has 3 heterocycles. The Morgan fingerprint density at radius 2 is 2.19 bits per heavy atom. The van der Waals surface area contributed by atoms with E-state index in [4.69, 9.17) is 16.3 Å². The second-order valence-electron chi connectivity index (χ2n) is 6.99. The van der Waals surface area contributed by atoms with Gasteiger partial charge in [0.1, 0.15) is 0 Å². The fraction of sp³-hybridized carbons (Fsp3) is 0.529. The number of amides is 2. The van der Waals surface area contributed by atoms with Crippen molar-refractivity contribution in [2.45, 2.75) is 30.8 Å². The first-order valence-corrected chi connectivity index (χ1v) is 9.10. The number of hydrogen-bond donors (Lipinski definition) is 1. The van der Waals surface area contributed by atoms with Crippen molar-refractivity contribution in [1.29, 1.82) is 0 Å². The number of piperidine rings is 1. The zero-order valence-electron chi connectivity index (χ0n) is 14.6. The van der Waals surface area contributed by atoms with Crippen LogP contribution in [-0.2, 0) is 11.8 Å². The molecule has 2 amide bonds. The lowest BCUT2D eigenvalue weighted by Crippen LogP contribution is -2.48. The van der Waals surface area contributed by atoms with E-state index in [1.165, 1.54) is 10.2 Å². The highest BCUT2D eigenvalue weighted by atomic mass is 35.5. The molecule has 4 rings (SSSR count). The average Bonchev–Trinajstić information content (AvgIpc) is 3.23. The van der Waals surface area contributed by atoms with Crippen molar-refractivity contribution in [3.05, 3.63) is 34.9 Å². The molecule has 2 aromatic rings. The zero-order valence-corrected chi connectivity index (χ0v) is 15.3. The number of nitrogens with one attached hydrogen (secondary N) is 1. The number of likely N-dealkylation sites (tertiary alicyclic amines) is 1. The van der Waals surface area contributed by atoms with Gasteiger partial charge in [-0.05, 0) is 47.4 Å². The number of rotatable bonds is 2. The Morgan fingerprint density at radius 1 is 1.38 bits per heavy atom. The van der Waals surface area contributed by atoms with Gasteiger partial charge in [-0.3, -0.25) is 5.32 Å². The van der Waals surface area contributed by atoms with Crippen LogP contribution < -0.4 is 5.32 Å². The normalized spacial score (nSPS) is 21.9. The maximum Gasteiger partial charge on any atom is 0.324 e. The number of anilines is 1. The topological polar surface area (TPSA) is 85.2 Å². The van der Waals surface area contributed by atoms with Gasteiger partial charge in [0.05, 0.1) is 12.2 Å². The summed E-state index contributed by atoms with van der Waals surface area (Å²) in [7, 11) is 1.68. The molecule has 8 nitrogen and oxygen atoms in total. The summed E-state index contributed by atoms with van der Waals surface area (Å²) in [4.78, 5) is 14.2. The van der Waals surface area contributed by atoms with E-state index in [1.54, 1.807) is 11.9 Å². The lowest BCUT2D eigenvalue weighted by Gasteiger charge is -2.38. The molecule has 1 aromatic carbocycles. The van der Waals surface area contributed by atoms with Crippen molar-refractivity contribution in [2.75, 3.05) is 25.0 Å². The van der Waals surface area contributed by atoms with Crippen LogP contribution in [0.25, 0.3) is 0 Å². The summed E-state index contributed by atoms with van der Waals surface area (Å²) in [6.45, 7) is 2.01. The summed E-state index contributed by atoms with van der Waals surface area (Å²) in [5, 5.41) is 14.5. The second kappa shape index (κ2) is 6.85. The van der Waals surface area contributed by atoms with Gasteiger partial charge >= 0.3 is 6.03 Å². The fourth-order valence-corrected chi connectivity index (χ4v) is 3.99. The molecular formula is C17H21ClN6O2. The summed E-state index contributed by atoms with van der Waals surface area (Å²) in [5.74, 6) is 0.701. The lowest BCUT2D eigenvalue weighted by atomic mass is 9.83. The van der Waals surface area contributed by atoms with Crippen LogP contribution in [0.15, 0.2) is 24.3 Å². The van der Waals surface area contributed by atoms with Gasteiger partial charge < -0.3 is 9.64 Å². The molecule has 9 heteroatoms. The van der Waals surface area contributed by atoms with E-state index in [9.17, 15) is 4.79 Å². The van der Waals surface area contributed by atoms with Crippen LogP contribution in [0.1, 0.15) is 30.7 Å². The van der Waals surface area contributed by atoms with Gasteiger partial charge in [-0.25, -0.2) is 9.48 Å². The van der Waals surface area contributed by atoms with Gasteiger partial charge in [0.2, 0.25) is 0 Å². The molecule has 138 valence electrons. The fourth-order valence-electron chi connectivity index (χ4n) is 3.79. The molecule has 2 aliphatic heterocycles. The van der Waals surface area contributed by atoms with Crippen molar-refractivity contribution in [3.63, 3.8) is 0 Å². The molecule has 0 bridgehead atoms. The number of carbonyl (C=O) groups is 1. The molecule has 2 saturated heterocycles. The average molecular weight is 377 g/mol. The minimum Gasteiger partial charge on any atom is -0.374 e. The maximum absolute atomic E-state index is 12.4. The van der Waals surface area contributed by atoms with Crippen LogP contribution in [0.2, 0.25) is 5.02 Å². The molecule has 1 aromatic heterocycles. The number of hydrogen-bond acceptors (Lipinski definition) is 5. The molecule has 1 unspecified atom stereocenters. The third-order valence-corrected chi connectivity index (χ3v) is 5.57. The third-order valence-electron chi connectivity index (χ3n) is 5.33. The van der Waals surface area contributed by atoms with Crippen LogP contribution in [0.4, 0.5) is 10.7 Å². The monoisotopic (exact) mass is 376 g/mol. The van der Waals surface area contributed by atoms with Gasteiger partial charge in [0.15, 0.2) is 0 Å². The van der Waals surface area contributed by atoms with Gasteiger partial charge in [-0.2, -0.15) is 0 Å². The first-order valence-electron chi connectivity index (χ1n) is 8.72. The number of tetrazole rings is 1. The van der Waals surface area contributed by atoms with Crippen LogP contribution in [0, 0.1) is 0 Å². The number of benzene rings is 1. The van der Waals surface area contributed by atoms with E-state index < -0.39 is 0 Å². The number of aryl methyl sites for hydroxylation is 1. The van der Waals surface area contributed by atoms with Gasteiger partial charge in [0, 0.05) is 31.1 Å². The molecule has 2 fully saturated rings. The van der Waals surface area contributed by atoms with Gasteiger partial charge in [-0.1, -0.05) is 28.8 Å². The van der Waals surface area contributed by atoms with E-state index in [-0.39, 0.29) is 11.6 Å². The number of carbonyl (C=O) groups excluding carboxylic acids is 1. The number of nitrogens with zero attached hydrogens (tertiary/aromatic N) is 5. The van der Waals surface area contributed by atoms with E-state index in [0.717, 1.165) is 24.3 Å². The highest BCUT2D eigenvalue weighted by Crippen LogP contribution is 2.43. The summed E-state index contributed by atoms with van der Waals surface area (Å²) in [5.41, 5.74) is 1.08.